The lowest BCUT2D eigenvalue weighted by Crippen LogP contribution is -2.16. The van der Waals surface area contributed by atoms with Crippen LogP contribution in [0, 0.1) is 17.7 Å². The Hall–Kier alpha value is -1.04. The molecule has 3 heteroatoms. The van der Waals surface area contributed by atoms with Crippen molar-refractivity contribution in [1.82, 2.24) is 5.32 Å². The fourth-order valence-corrected chi connectivity index (χ4v) is 1.74. The minimum Gasteiger partial charge on any atom is -0.313 e. The second-order valence-corrected chi connectivity index (χ2v) is 3.89. The van der Waals surface area contributed by atoms with E-state index in [-0.39, 0.29) is 16.9 Å². The lowest BCUT2D eigenvalue weighted by molar-refractivity contribution is 0.555. The third-order valence-corrected chi connectivity index (χ3v) is 2.72. The number of hydrogen-bond acceptors (Lipinski definition) is 1. The average Bonchev–Trinajstić information content (AvgIpc) is 2.29. The first kappa shape index (κ1) is 13.0. The Bertz CT molecular complexity index is 406. The van der Waals surface area contributed by atoms with Crippen LogP contribution < -0.4 is 5.32 Å². The largest absolute Gasteiger partial charge is 0.313 e. The van der Waals surface area contributed by atoms with Gasteiger partial charge in [-0.3, -0.25) is 0 Å². The van der Waals surface area contributed by atoms with E-state index in [1.165, 1.54) is 6.07 Å². The molecule has 1 aromatic carbocycles. The Labute approximate surface area is 101 Å². The van der Waals surface area contributed by atoms with Crippen LogP contribution in [0.3, 0.4) is 0 Å². The molecule has 0 aliphatic carbocycles. The fraction of sp³-hybridized carbons (Fsp3) is 0.385. The van der Waals surface area contributed by atoms with Gasteiger partial charge >= 0.3 is 0 Å². The molecule has 0 radical (unpaired) electrons. The minimum atomic E-state index is -0.381. The first-order chi connectivity index (χ1) is 7.69. The molecule has 0 bridgehead atoms. The second-order valence-electron chi connectivity index (χ2n) is 3.48. The molecule has 0 aliphatic heterocycles. The summed E-state index contributed by atoms with van der Waals surface area (Å²) in [5.41, 5.74) is 0.992. The summed E-state index contributed by atoms with van der Waals surface area (Å²) in [5, 5.41) is 3.34. The number of nitrogens with one attached hydrogen (secondary N) is 1. The zero-order valence-corrected chi connectivity index (χ0v) is 10.2. The van der Waals surface area contributed by atoms with Gasteiger partial charge in [-0.15, -0.1) is 11.8 Å². The first-order valence-corrected chi connectivity index (χ1v) is 5.58. The molecular weight excluding hydrogens is 225 g/mol. The molecule has 0 fully saturated rings. The van der Waals surface area contributed by atoms with Gasteiger partial charge in [0, 0.05) is 12.5 Å². The van der Waals surface area contributed by atoms with Crippen molar-refractivity contribution >= 4 is 11.6 Å². The SMILES string of the molecule is CC#CCCC(NC)c1ccc(F)c(Cl)c1. The Morgan fingerprint density at radius 1 is 1.50 bits per heavy atom. The highest BCUT2D eigenvalue weighted by Gasteiger charge is 2.10. The van der Waals surface area contributed by atoms with Gasteiger partial charge in [0.2, 0.25) is 0 Å². The third kappa shape index (κ3) is 3.52. The summed E-state index contributed by atoms with van der Waals surface area (Å²) < 4.78 is 13.0. The second kappa shape index (κ2) is 6.52. The maximum atomic E-state index is 13.0. The van der Waals surface area contributed by atoms with E-state index in [1.807, 2.05) is 14.0 Å². The van der Waals surface area contributed by atoms with Gasteiger partial charge in [-0.05, 0) is 38.1 Å². The van der Waals surface area contributed by atoms with Crippen LogP contribution in [0.15, 0.2) is 18.2 Å². The van der Waals surface area contributed by atoms with Crippen LogP contribution in [0.2, 0.25) is 5.02 Å². The highest BCUT2D eigenvalue weighted by Crippen LogP contribution is 2.23. The molecule has 0 aliphatic rings. The predicted octanol–water partition coefficient (Wildman–Crippen LogP) is 3.54. The van der Waals surface area contributed by atoms with Gasteiger partial charge in [0.25, 0.3) is 0 Å². The Morgan fingerprint density at radius 3 is 2.81 bits per heavy atom. The summed E-state index contributed by atoms with van der Waals surface area (Å²) in [6.07, 6.45) is 1.70. The van der Waals surface area contributed by atoms with Gasteiger partial charge in [-0.25, -0.2) is 4.39 Å². The number of hydrogen-bond donors (Lipinski definition) is 1. The van der Waals surface area contributed by atoms with Gasteiger partial charge in [-0.2, -0.15) is 0 Å². The molecule has 16 heavy (non-hydrogen) atoms. The van der Waals surface area contributed by atoms with E-state index < -0.39 is 0 Å². The van der Waals surface area contributed by atoms with Crippen LogP contribution in [0.5, 0.6) is 0 Å². The predicted molar refractivity (Wildman–Crippen MR) is 65.9 cm³/mol. The smallest absolute Gasteiger partial charge is 0.141 e. The van der Waals surface area contributed by atoms with Crippen molar-refractivity contribution in [2.75, 3.05) is 7.05 Å². The van der Waals surface area contributed by atoms with Crippen LogP contribution in [0.1, 0.15) is 31.4 Å². The molecule has 1 unspecified atom stereocenters. The van der Waals surface area contributed by atoms with Crippen molar-refractivity contribution < 1.29 is 4.39 Å². The molecule has 1 N–H and O–H groups in total. The molecule has 0 spiro atoms. The van der Waals surface area contributed by atoms with E-state index in [0.29, 0.717) is 0 Å². The molecule has 1 aromatic rings. The molecule has 0 amide bonds. The van der Waals surface area contributed by atoms with E-state index >= 15 is 0 Å². The summed E-state index contributed by atoms with van der Waals surface area (Å²) in [4.78, 5) is 0. The monoisotopic (exact) mass is 239 g/mol. The maximum Gasteiger partial charge on any atom is 0.141 e. The van der Waals surface area contributed by atoms with Crippen LogP contribution in [0.4, 0.5) is 4.39 Å². The van der Waals surface area contributed by atoms with E-state index in [1.54, 1.807) is 12.1 Å². The van der Waals surface area contributed by atoms with Crippen LogP contribution in [-0.2, 0) is 0 Å². The van der Waals surface area contributed by atoms with E-state index in [2.05, 4.69) is 17.2 Å². The maximum absolute atomic E-state index is 13.0. The van der Waals surface area contributed by atoms with Gasteiger partial charge < -0.3 is 5.32 Å². The van der Waals surface area contributed by atoms with E-state index in [4.69, 9.17) is 11.6 Å². The number of halogens is 2. The van der Waals surface area contributed by atoms with Crippen molar-refractivity contribution in [2.24, 2.45) is 0 Å². The Morgan fingerprint density at radius 2 is 2.25 bits per heavy atom. The van der Waals surface area contributed by atoms with Crippen molar-refractivity contribution in [2.45, 2.75) is 25.8 Å². The fourth-order valence-electron chi connectivity index (χ4n) is 1.55. The molecule has 1 atom stereocenters. The summed E-state index contributed by atoms with van der Waals surface area (Å²) >= 11 is 5.75. The summed E-state index contributed by atoms with van der Waals surface area (Å²) in [5.74, 6) is 5.49. The topological polar surface area (TPSA) is 12.0 Å². The van der Waals surface area contributed by atoms with Crippen molar-refractivity contribution in [1.29, 1.82) is 0 Å². The molecule has 1 rings (SSSR count). The van der Waals surface area contributed by atoms with E-state index in [9.17, 15) is 4.39 Å². The summed E-state index contributed by atoms with van der Waals surface area (Å²) in [6.45, 7) is 1.82. The van der Waals surface area contributed by atoms with Crippen molar-refractivity contribution in [3.63, 3.8) is 0 Å². The Kier molecular flexibility index (Phi) is 5.31. The normalized spacial score (nSPS) is 11.8. The van der Waals surface area contributed by atoms with Gasteiger partial charge in [0.15, 0.2) is 0 Å². The van der Waals surface area contributed by atoms with Gasteiger partial charge in [0.1, 0.15) is 5.82 Å². The first-order valence-electron chi connectivity index (χ1n) is 5.21. The van der Waals surface area contributed by atoms with Crippen LogP contribution in [0.25, 0.3) is 0 Å². The van der Waals surface area contributed by atoms with Crippen molar-refractivity contribution in [3.05, 3.63) is 34.6 Å². The highest BCUT2D eigenvalue weighted by molar-refractivity contribution is 6.30. The molecule has 0 aromatic heterocycles. The standard InChI is InChI=1S/C13H15ClFN/c1-3-4-5-6-13(16-2)10-7-8-12(15)11(14)9-10/h7-9,13,16H,5-6H2,1-2H3. The average molecular weight is 240 g/mol. The molecule has 0 saturated carbocycles. The summed E-state index contributed by atoms with van der Waals surface area (Å²) in [7, 11) is 1.88. The zero-order chi connectivity index (χ0) is 12.0. The van der Waals surface area contributed by atoms with Gasteiger partial charge in [0.05, 0.1) is 5.02 Å². The molecular formula is C13H15ClFN. The van der Waals surface area contributed by atoms with Crippen molar-refractivity contribution in [3.8, 4) is 11.8 Å². The summed E-state index contributed by atoms with van der Waals surface area (Å²) in [6, 6.07) is 4.98. The quantitative estimate of drug-likeness (QED) is 0.793. The highest BCUT2D eigenvalue weighted by atomic mass is 35.5. The molecule has 86 valence electrons. The van der Waals surface area contributed by atoms with Gasteiger partial charge in [-0.1, -0.05) is 17.7 Å². The van der Waals surface area contributed by atoms with E-state index in [0.717, 1.165) is 18.4 Å². The van der Waals surface area contributed by atoms with Crippen LogP contribution in [-0.4, -0.2) is 7.05 Å². The number of benzene rings is 1. The zero-order valence-electron chi connectivity index (χ0n) is 9.48. The lowest BCUT2D eigenvalue weighted by atomic mass is 10.0. The minimum absolute atomic E-state index is 0.166. The molecule has 0 heterocycles. The third-order valence-electron chi connectivity index (χ3n) is 2.43. The van der Waals surface area contributed by atoms with Crippen LogP contribution >= 0.6 is 11.6 Å². The Balaban J connectivity index is 2.77. The lowest BCUT2D eigenvalue weighted by Gasteiger charge is -2.15. The molecule has 0 saturated heterocycles. The molecule has 1 nitrogen and oxygen atoms in total. The number of rotatable bonds is 4.